The Morgan fingerprint density at radius 2 is 1.70 bits per heavy atom. The molecule has 0 spiro atoms. The Labute approximate surface area is 233 Å². The third-order valence-corrected chi connectivity index (χ3v) is 7.14. The number of nitrogens with one attached hydrogen (secondary N) is 2. The molecule has 0 aliphatic carbocycles. The quantitative estimate of drug-likeness (QED) is 0.143. The van der Waals surface area contributed by atoms with Gasteiger partial charge in [0.2, 0.25) is 0 Å². The Bertz CT molecular complexity index is 1610. The Balaban J connectivity index is 1.59. The maximum absolute atomic E-state index is 14.9. The molecule has 0 atom stereocenters. The van der Waals surface area contributed by atoms with E-state index in [1.165, 1.54) is 17.7 Å². The molecule has 1 heterocycles. The van der Waals surface area contributed by atoms with E-state index < -0.39 is 5.82 Å². The van der Waals surface area contributed by atoms with Crippen LogP contribution in [0.15, 0.2) is 71.7 Å². The minimum atomic E-state index is -0.412. The molecule has 40 heavy (non-hydrogen) atoms. The number of aryl methyl sites for hydroxylation is 1. The first-order valence-electron chi connectivity index (χ1n) is 13.8. The summed E-state index contributed by atoms with van der Waals surface area (Å²) >= 11 is 0. The molecule has 4 aromatic carbocycles. The molecule has 0 saturated carbocycles. The second-order valence-corrected chi connectivity index (χ2v) is 10.1. The number of nitrogens with zero attached hydrogens (tertiary/aromatic N) is 1. The van der Waals surface area contributed by atoms with E-state index in [0.29, 0.717) is 40.1 Å². The van der Waals surface area contributed by atoms with Crippen LogP contribution in [0.5, 0.6) is 0 Å². The summed E-state index contributed by atoms with van der Waals surface area (Å²) in [7, 11) is 0. The number of nitrogens with two attached hydrogens (primary N) is 1. The number of esters is 1. The predicted octanol–water partition coefficient (Wildman–Crippen LogP) is 7.73. The molecule has 4 aromatic rings. The van der Waals surface area contributed by atoms with Crippen LogP contribution >= 0.6 is 0 Å². The van der Waals surface area contributed by atoms with E-state index in [0.717, 1.165) is 48.6 Å². The maximum atomic E-state index is 14.9. The number of carbonyl (C=O) groups is 1. The van der Waals surface area contributed by atoms with Gasteiger partial charge in [-0.15, -0.1) is 0 Å². The number of unbranched alkanes of at least 4 members (excludes halogenated alkanes) is 2. The van der Waals surface area contributed by atoms with Crippen LogP contribution in [-0.4, -0.2) is 24.2 Å². The van der Waals surface area contributed by atoms with Crippen LogP contribution in [0.25, 0.3) is 21.9 Å². The fourth-order valence-electron chi connectivity index (χ4n) is 5.04. The van der Waals surface area contributed by atoms with Crippen molar-refractivity contribution >= 4 is 39.8 Å². The smallest absolute Gasteiger partial charge is 0.338 e. The number of hydrogen-bond acceptors (Lipinski definition) is 5. The highest BCUT2D eigenvalue weighted by Crippen LogP contribution is 2.42. The number of hydrogen-bond donors (Lipinski definition) is 3. The number of amidine groups is 2. The maximum Gasteiger partial charge on any atom is 0.338 e. The van der Waals surface area contributed by atoms with Crippen LogP contribution < -0.4 is 11.1 Å². The summed E-state index contributed by atoms with van der Waals surface area (Å²) in [4.78, 5) is 16.6. The molecule has 0 radical (unpaired) electrons. The predicted molar refractivity (Wildman–Crippen MR) is 160 cm³/mol. The highest BCUT2D eigenvalue weighted by atomic mass is 19.1. The molecule has 0 unspecified atom stereocenters. The molecule has 6 nitrogen and oxygen atoms in total. The molecule has 4 N–H and O–H groups in total. The number of ether oxygens (including phenoxy) is 1. The molecule has 204 valence electrons. The van der Waals surface area contributed by atoms with Crippen molar-refractivity contribution in [3.63, 3.8) is 0 Å². The molecule has 7 heteroatoms. The minimum absolute atomic E-state index is 0.0652. The second-order valence-electron chi connectivity index (χ2n) is 10.1. The van der Waals surface area contributed by atoms with Gasteiger partial charge in [-0.3, -0.25) is 5.41 Å². The summed E-state index contributed by atoms with van der Waals surface area (Å²) in [6.45, 7) is 4.60. The van der Waals surface area contributed by atoms with Gasteiger partial charge in [-0.1, -0.05) is 51.0 Å². The van der Waals surface area contributed by atoms with Crippen LogP contribution in [-0.2, 0) is 11.2 Å². The molecule has 0 saturated heterocycles. The Kier molecular flexibility index (Phi) is 7.91. The van der Waals surface area contributed by atoms with E-state index in [2.05, 4.69) is 41.5 Å². The highest BCUT2D eigenvalue weighted by molar-refractivity contribution is 6.28. The van der Waals surface area contributed by atoms with Gasteiger partial charge in [0, 0.05) is 33.5 Å². The Morgan fingerprint density at radius 1 is 0.975 bits per heavy atom. The molecule has 1 aliphatic rings. The fourth-order valence-corrected chi connectivity index (χ4v) is 5.04. The molecule has 1 aliphatic heterocycles. The number of fused-ring (bicyclic) bond motifs is 2. The van der Waals surface area contributed by atoms with Crippen molar-refractivity contribution in [1.82, 2.24) is 0 Å². The van der Waals surface area contributed by atoms with Gasteiger partial charge in [0.15, 0.2) is 5.84 Å². The van der Waals surface area contributed by atoms with Gasteiger partial charge in [-0.05, 0) is 78.2 Å². The standard InChI is InChI=1S/C33H33FN4O2/c1-3-5-7-20-8-10-21(11-9-20)29-28-23(18-26-30(29)32(36)38-31(26)35)17-24(34)19-27(28)37-25-14-12-22(13-15-25)33(39)40-16-6-4-2/h8-15,17-19,37H,3-7,16H2,1-2H3,(H3,35,36,38). The molecular formula is C33H33FN4O2. The van der Waals surface area contributed by atoms with Crippen LogP contribution in [0.4, 0.5) is 15.8 Å². The number of carbonyl (C=O) groups excluding carboxylic acids is 1. The molecule has 0 bridgehead atoms. The number of rotatable bonds is 10. The van der Waals surface area contributed by atoms with Gasteiger partial charge in [-0.2, -0.15) is 0 Å². The van der Waals surface area contributed by atoms with Gasteiger partial charge in [-0.25, -0.2) is 14.2 Å². The molecule has 0 amide bonds. The third kappa shape index (κ3) is 5.45. The Morgan fingerprint density at radius 3 is 2.40 bits per heavy atom. The number of anilines is 2. The van der Waals surface area contributed by atoms with E-state index in [1.807, 2.05) is 6.92 Å². The lowest BCUT2D eigenvalue weighted by Crippen LogP contribution is -2.13. The molecule has 0 fully saturated rings. The Hall–Kier alpha value is -4.52. The molecule has 5 rings (SSSR count). The van der Waals surface area contributed by atoms with E-state index in [4.69, 9.17) is 15.9 Å². The first-order valence-corrected chi connectivity index (χ1v) is 13.8. The van der Waals surface area contributed by atoms with E-state index >= 15 is 0 Å². The average Bonchev–Trinajstić information content (AvgIpc) is 3.23. The van der Waals surface area contributed by atoms with Crippen molar-refractivity contribution in [1.29, 1.82) is 5.41 Å². The number of halogens is 1. The lowest BCUT2D eigenvalue weighted by Gasteiger charge is -2.18. The summed E-state index contributed by atoms with van der Waals surface area (Å²) in [5, 5.41) is 13.1. The lowest BCUT2D eigenvalue weighted by molar-refractivity contribution is 0.0500. The van der Waals surface area contributed by atoms with Crippen LogP contribution in [0.1, 0.15) is 66.6 Å². The van der Waals surface area contributed by atoms with Crippen LogP contribution in [0.3, 0.4) is 0 Å². The van der Waals surface area contributed by atoms with E-state index in [9.17, 15) is 9.18 Å². The van der Waals surface area contributed by atoms with Crippen LogP contribution in [0.2, 0.25) is 0 Å². The van der Waals surface area contributed by atoms with Crippen molar-refractivity contribution in [2.24, 2.45) is 10.7 Å². The van der Waals surface area contributed by atoms with E-state index in [1.54, 1.807) is 30.3 Å². The fraction of sp³-hybridized carbons (Fsp3) is 0.242. The van der Waals surface area contributed by atoms with Gasteiger partial charge >= 0.3 is 5.97 Å². The first kappa shape index (κ1) is 27.1. The average molecular weight is 537 g/mol. The first-order chi connectivity index (χ1) is 19.4. The van der Waals surface area contributed by atoms with Crippen molar-refractivity contribution in [2.75, 3.05) is 11.9 Å². The van der Waals surface area contributed by atoms with Gasteiger partial charge in [0.25, 0.3) is 0 Å². The van der Waals surface area contributed by atoms with Crippen molar-refractivity contribution < 1.29 is 13.9 Å². The summed E-state index contributed by atoms with van der Waals surface area (Å²) in [5.74, 6) is -0.442. The normalized spacial score (nSPS) is 12.4. The highest BCUT2D eigenvalue weighted by Gasteiger charge is 2.27. The van der Waals surface area contributed by atoms with E-state index in [-0.39, 0.29) is 17.6 Å². The topological polar surface area (TPSA) is 101 Å². The monoisotopic (exact) mass is 536 g/mol. The van der Waals surface area contributed by atoms with Crippen molar-refractivity contribution in [3.05, 3.63) is 94.8 Å². The third-order valence-electron chi connectivity index (χ3n) is 7.14. The van der Waals surface area contributed by atoms with Gasteiger partial charge in [0.05, 0.1) is 12.2 Å². The SMILES string of the molecule is CCCCOC(=O)c1ccc(Nc2cc(F)cc3cc4c(c(-c5ccc(CCCC)cc5)c23)C(N)=NC4=N)cc1. The number of benzene rings is 4. The van der Waals surface area contributed by atoms with Gasteiger partial charge in [0.1, 0.15) is 11.7 Å². The summed E-state index contributed by atoms with van der Waals surface area (Å²) in [5.41, 5.74) is 12.3. The zero-order valence-corrected chi connectivity index (χ0v) is 22.8. The van der Waals surface area contributed by atoms with Gasteiger partial charge < -0.3 is 15.8 Å². The largest absolute Gasteiger partial charge is 0.462 e. The van der Waals surface area contributed by atoms with Crippen molar-refractivity contribution in [2.45, 2.75) is 46.0 Å². The summed E-state index contributed by atoms with van der Waals surface area (Å²) < 4.78 is 20.2. The minimum Gasteiger partial charge on any atom is -0.462 e. The summed E-state index contributed by atoms with van der Waals surface area (Å²) in [6, 6.07) is 20.0. The van der Waals surface area contributed by atoms with Crippen molar-refractivity contribution in [3.8, 4) is 11.1 Å². The number of aliphatic imine (C=N–C) groups is 1. The second kappa shape index (κ2) is 11.7. The zero-order valence-electron chi connectivity index (χ0n) is 22.8. The molecular weight excluding hydrogens is 503 g/mol. The molecule has 0 aromatic heterocycles. The summed E-state index contributed by atoms with van der Waals surface area (Å²) in [6.07, 6.45) is 5.00. The lowest BCUT2D eigenvalue weighted by atomic mass is 9.88. The zero-order chi connectivity index (χ0) is 28.2. The van der Waals surface area contributed by atoms with Crippen LogP contribution in [0, 0.1) is 11.2 Å².